The standard InChI is InChI=1S/C75H122O6/c1-4-7-10-13-16-19-22-24-26-28-30-32-34-35-36-37-38-39-41-42-44-46-48-50-53-56-59-62-65-68-74(77)80-71-72(70-79-73(76)67-64-61-58-55-52-21-18-15-12-9-6-3)81-75(78)69-66-63-60-57-54-51-49-47-45-43-40-33-31-29-27-25-23-20-17-14-11-8-5-2/h7-8,10-11,16-17,19-20,24-27,30-33,35-36,38-39,43,45,49,51,72H,4-6,9,12-15,18,21-23,28-29,34,37,40-42,44,46-48,50,52-71H2,1-3H3/b10-7-,11-8-,19-16-,20-17-,26-24-,27-25-,32-30-,33-31-,36-35-,39-38-,45-43-,51-49-. The molecule has 81 heavy (non-hydrogen) atoms. The van der Waals surface area contributed by atoms with Gasteiger partial charge in [0.25, 0.3) is 0 Å². The highest BCUT2D eigenvalue weighted by atomic mass is 16.6. The maximum Gasteiger partial charge on any atom is 0.306 e. The first-order valence-corrected chi connectivity index (χ1v) is 33.3. The Hall–Kier alpha value is -4.71. The maximum absolute atomic E-state index is 12.9. The van der Waals surface area contributed by atoms with Crippen molar-refractivity contribution < 1.29 is 28.6 Å². The number of hydrogen-bond donors (Lipinski definition) is 0. The molecule has 0 saturated heterocycles. The molecule has 0 aliphatic carbocycles. The molecule has 0 N–H and O–H groups in total. The third kappa shape index (κ3) is 66.0. The summed E-state index contributed by atoms with van der Waals surface area (Å²) in [6.45, 7) is 6.39. The van der Waals surface area contributed by atoms with Crippen LogP contribution in [0.2, 0.25) is 0 Å². The monoisotopic (exact) mass is 1120 g/mol. The van der Waals surface area contributed by atoms with E-state index in [0.717, 1.165) is 148 Å². The molecule has 0 amide bonds. The number of ether oxygens (including phenoxy) is 3. The van der Waals surface area contributed by atoms with Gasteiger partial charge < -0.3 is 14.2 Å². The summed E-state index contributed by atoms with van der Waals surface area (Å²) in [7, 11) is 0. The van der Waals surface area contributed by atoms with Crippen molar-refractivity contribution in [2.24, 2.45) is 0 Å². The van der Waals surface area contributed by atoms with Crippen molar-refractivity contribution in [1.29, 1.82) is 0 Å². The van der Waals surface area contributed by atoms with Gasteiger partial charge in [-0.15, -0.1) is 0 Å². The first-order valence-electron chi connectivity index (χ1n) is 33.3. The molecule has 0 aliphatic heterocycles. The maximum atomic E-state index is 12.9. The number of carbonyl (C=O) groups is 3. The van der Waals surface area contributed by atoms with Gasteiger partial charge in [-0.25, -0.2) is 0 Å². The van der Waals surface area contributed by atoms with Crippen LogP contribution < -0.4 is 0 Å². The lowest BCUT2D eigenvalue weighted by molar-refractivity contribution is -0.167. The Balaban J connectivity index is 4.34. The summed E-state index contributed by atoms with van der Waals surface area (Å²) in [5, 5.41) is 0. The number of carbonyl (C=O) groups excluding carboxylic acids is 3. The van der Waals surface area contributed by atoms with E-state index in [4.69, 9.17) is 14.2 Å². The van der Waals surface area contributed by atoms with Gasteiger partial charge in [-0.2, -0.15) is 0 Å². The second-order valence-electron chi connectivity index (χ2n) is 21.6. The van der Waals surface area contributed by atoms with Gasteiger partial charge in [-0.05, 0) is 122 Å². The van der Waals surface area contributed by atoms with E-state index in [9.17, 15) is 14.4 Å². The second kappa shape index (κ2) is 67.8. The lowest BCUT2D eigenvalue weighted by Gasteiger charge is -2.18. The zero-order valence-electron chi connectivity index (χ0n) is 52.5. The van der Waals surface area contributed by atoms with Crippen LogP contribution in [-0.2, 0) is 28.6 Å². The number of hydrogen-bond acceptors (Lipinski definition) is 6. The summed E-state index contributed by atoms with van der Waals surface area (Å²) in [6.07, 6.45) is 97.1. The Morgan fingerprint density at radius 3 is 0.753 bits per heavy atom. The van der Waals surface area contributed by atoms with Gasteiger partial charge in [0.05, 0.1) is 0 Å². The molecule has 0 aromatic carbocycles. The number of unbranched alkanes of at least 4 members (excludes halogenated alkanes) is 24. The molecule has 6 heteroatoms. The summed E-state index contributed by atoms with van der Waals surface area (Å²) in [6, 6.07) is 0. The minimum Gasteiger partial charge on any atom is -0.462 e. The smallest absolute Gasteiger partial charge is 0.306 e. The Bertz CT molecular complexity index is 1760. The van der Waals surface area contributed by atoms with E-state index in [-0.39, 0.29) is 31.1 Å². The highest BCUT2D eigenvalue weighted by Crippen LogP contribution is 2.16. The van der Waals surface area contributed by atoms with Crippen LogP contribution in [0, 0.1) is 0 Å². The van der Waals surface area contributed by atoms with Crippen molar-refractivity contribution in [3.05, 3.63) is 146 Å². The molecule has 0 aromatic rings. The Morgan fingerprint density at radius 1 is 0.259 bits per heavy atom. The molecular weight excluding hydrogens is 997 g/mol. The van der Waals surface area contributed by atoms with E-state index >= 15 is 0 Å². The summed E-state index contributed by atoms with van der Waals surface area (Å²) < 4.78 is 16.9. The van der Waals surface area contributed by atoms with Crippen molar-refractivity contribution in [3.63, 3.8) is 0 Å². The van der Waals surface area contributed by atoms with Gasteiger partial charge >= 0.3 is 17.9 Å². The molecule has 0 fully saturated rings. The molecule has 0 saturated carbocycles. The quantitative estimate of drug-likeness (QED) is 0.0261. The molecule has 0 radical (unpaired) electrons. The first kappa shape index (κ1) is 76.3. The summed E-state index contributed by atoms with van der Waals surface area (Å²) >= 11 is 0. The molecule has 0 spiro atoms. The highest BCUT2D eigenvalue weighted by molar-refractivity contribution is 5.71. The molecular formula is C75H122O6. The molecule has 1 unspecified atom stereocenters. The fraction of sp³-hybridized carbons (Fsp3) is 0.640. The average molecular weight is 1120 g/mol. The number of allylic oxidation sites excluding steroid dienone is 24. The zero-order chi connectivity index (χ0) is 58.5. The molecule has 1 atom stereocenters. The predicted octanol–water partition coefficient (Wildman–Crippen LogP) is 23.1. The lowest BCUT2D eigenvalue weighted by Crippen LogP contribution is -2.30. The van der Waals surface area contributed by atoms with E-state index in [2.05, 4.69) is 167 Å². The average Bonchev–Trinajstić information content (AvgIpc) is 3.47. The van der Waals surface area contributed by atoms with Gasteiger partial charge in [-0.3, -0.25) is 14.4 Å². The minimum atomic E-state index is -0.799. The number of rotatable bonds is 59. The van der Waals surface area contributed by atoms with Gasteiger partial charge in [-0.1, -0.05) is 295 Å². The normalized spacial score (nSPS) is 13.1. The van der Waals surface area contributed by atoms with Gasteiger partial charge in [0.2, 0.25) is 0 Å². The van der Waals surface area contributed by atoms with E-state index in [1.54, 1.807) is 0 Å². The van der Waals surface area contributed by atoms with Crippen LogP contribution in [0.15, 0.2) is 146 Å². The SMILES string of the molecule is CC/C=C\C/C=C\C/C=C\C/C=C\C/C=C\C/C=C\CCCCCCCCCCCCC(=O)OCC(COC(=O)CCCCCCCCCCCCC)OC(=O)CCCCCC/C=C\C/C=C\C/C=C\C/C=C\C/C=C\C/C=C\CC. The Morgan fingerprint density at radius 2 is 0.481 bits per heavy atom. The van der Waals surface area contributed by atoms with Crippen molar-refractivity contribution in [2.45, 2.75) is 297 Å². The topological polar surface area (TPSA) is 78.9 Å². The van der Waals surface area contributed by atoms with Crippen LogP contribution in [0.1, 0.15) is 290 Å². The fourth-order valence-electron chi connectivity index (χ4n) is 8.92. The van der Waals surface area contributed by atoms with Gasteiger partial charge in [0.15, 0.2) is 6.10 Å². The summed E-state index contributed by atoms with van der Waals surface area (Å²) in [5.41, 5.74) is 0. The molecule has 0 rings (SSSR count). The second-order valence-corrected chi connectivity index (χ2v) is 21.6. The largest absolute Gasteiger partial charge is 0.462 e. The predicted molar refractivity (Wildman–Crippen MR) is 352 cm³/mol. The highest BCUT2D eigenvalue weighted by Gasteiger charge is 2.19. The fourth-order valence-corrected chi connectivity index (χ4v) is 8.92. The minimum absolute atomic E-state index is 0.0919. The van der Waals surface area contributed by atoms with Crippen LogP contribution in [0.3, 0.4) is 0 Å². The molecule has 0 heterocycles. The third-order valence-corrected chi connectivity index (χ3v) is 13.8. The molecule has 0 aliphatic rings. The first-order chi connectivity index (χ1) is 40.0. The van der Waals surface area contributed by atoms with Crippen molar-refractivity contribution in [1.82, 2.24) is 0 Å². The van der Waals surface area contributed by atoms with Gasteiger partial charge in [0.1, 0.15) is 13.2 Å². The Labute approximate surface area is 499 Å². The Kier molecular flexibility index (Phi) is 63.9. The van der Waals surface area contributed by atoms with E-state index in [0.29, 0.717) is 19.3 Å². The lowest BCUT2D eigenvalue weighted by atomic mass is 10.1. The van der Waals surface area contributed by atoms with Crippen LogP contribution in [0.25, 0.3) is 0 Å². The summed E-state index contributed by atoms with van der Waals surface area (Å²) in [5.74, 6) is -0.920. The van der Waals surface area contributed by atoms with Gasteiger partial charge in [0, 0.05) is 19.3 Å². The van der Waals surface area contributed by atoms with Crippen LogP contribution in [0.5, 0.6) is 0 Å². The zero-order valence-corrected chi connectivity index (χ0v) is 52.5. The van der Waals surface area contributed by atoms with Crippen LogP contribution in [0.4, 0.5) is 0 Å². The van der Waals surface area contributed by atoms with Crippen molar-refractivity contribution in [2.75, 3.05) is 13.2 Å². The molecule has 0 bridgehead atoms. The molecule has 0 aromatic heterocycles. The molecule has 6 nitrogen and oxygen atoms in total. The van der Waals surface area contributed by atoms with Crippen molar-refractivity contribution >= 4 is 17.9 Å². The van der Waals surface area contributed by atoms with Crippen LogP contribution >= 0.6 is 0 Å². The number of esters is 3. The van der Waals surface area contributed by atoms with E-state index in [1.165, 1.54) is 103 Å². The van der Waals surface area contributed by atoms with Crippen molar-refractivity contribution in [3.8, 4) is 0 Å². The summed E-state index contributed by atoms with van der Waals surface area (Å²) in [4.78, 5) is 38.3. The third-order valence-electron chi connectivity index (χ3n) is 13.8. The molecule has 458 valence electrons. The van der Waals surface area contributed by atoms with E-state index < -0.39 is 6.10 Å². The van der Waals surface area contributed by atoms with Crippen LogP contribution in [-0.4, -0.2) is 37.2 Å². The van der Waals surface area contributed by atoms with E-state index in [1.807, 2.05) is 0 Å².